The zero-order valence-corrected chi connectivity index (χ0v) is 7.09. The molecule has 0 radical (unpaired) electrons. The molecule has 2 heteroatoms. The molecule has 1 aromatic heterocycles. The average Bonchev–Trinajstić information content (AvgIpc) is 2.54. The molecule has 0 fully saturated rings. The van der Waals surface area contributed by atoms with Crippen LogP contribution >= 0.6 is 0 Å². The van der Waals surface area contributed by atoms with E-state index >= 15 is 0 Å². The maximum Gasteiger partial charge on any atom is 0.0871 e. The second-order valence-corrected chi connectivity index (χ2v) is 1.64. The van der Waals surface area contributed by atoms with Crippen molar-refractivity contribution in [2.45, 2.75) is 13.8 Å². The van der Waals surface area contributed by atoms with Gasteiger partial charge in [0.15, 0.2) is 0 Å². The summed E-state index contributed by atoms with van der Waals surface area (Å²) in [4.78, 5) is 6.70. The molecule has 0 unspecified atom stereocenters. The molecule has 0 aliphatic rings. The van der Waals surface area contributed by atoms with Crippen LogP contribution in [0.15, 0.2) is 23.8 Å². The SMILES string of the molecule is C=Cc1[nH]ccc1N=C.CC.[HH]. The summed E-state index contributed by atoms with van der Waals surface area (Å²) in [6.07, 6.45) is 3.52. The normalized spacial score (nSPS) is 7.82. The molecule has 0 saturated heterocycles. The zero-order chi connectivity index (χ0) is 8.69. The predicted octanol–water partition coefficient (Wildman–Crippen LogP) is 3.26. The molecule has 0 atom stereocenters. The highest BCUT2D eigenvalue weighted by atomic mass is 14.8. The molecular formula is C9H16N2. The topological polar surface area (TPSA) is 28.1 Å². The Balaban J connectivity index is 0. The maximum absolute atomic E-state index is 3.75. The third kappa shape index (κ3) is 2.42. The fourth-order valence-electron chi connectivity index (χ4n) is 0.675. The van der Waals surface area contributed by atoms with E-state index in [1.165, 1.54) is 0 Å². The van der Waals surface area contributed by atoms with Crippen molar-refractivity contribution in [3.63, 3.8) is 0 Å². The molecule has 1 rings (SSSR count). The van der Waals surface area contributed by atoms with Crippen molar-refractivity contribution in [2.75, 3.05) is 0 Å². The summed E-state index contributed by atoms with van der Waals surface area (Å²) >= 11 is 0. The molecule has 0 aliphatic carbocycles. The van der Waals surface area contributed by atoms with Gasteiger partial charge in [-0.15, -0.1) is 0 Å². The number of nitrogens with one attached hydrogen (secondary N) is 1. The first-order chi connectivity index (χ1) is 5.38. The number of aliphatic imine (C=N–C) groups is 1. The van der Waals surface area contributed by atoms with Crippen LogP contribution in [0.3, 0.4) is 0 Å². The minimum atomic E-state index is 0. The molecule has 1 N–H and O–H groups in total. The van der Waals surface area contributed by atoms with E-state index in [-0.39, 0.29) is 1.43 Å². The van der Waals surface area contributed by atoms with Crippen LogP contribution in [0.2, 0.25) is 0 Å². The lowest BCUT2D eigenvalue weighted by molar-refractivity contribution is 1.37. The van der Waals surface area contributed by atoms with E-state index < -0.39 is 0 Å². The van der Waals surface area contributed by atoms with E-state index in [0.717, 1.165) is 11.4 Å². The number of aromatic nitrogens is 1. The second kappa shape index (κ2) is 5.47. The van der Waals surface area contributed by atoms with Crippen LogP contribution in [-0.4, -0.2) is 11.7 Å². The Hall–Kier alpha value is -1.31. The van der Waals surface area contributed by atoms with Gasteiger partial charge in [0.2, 0.25) is 0 Å². The Morgan fingerprint density at radius 1 is 1.64 bits per heavy atom. The van der Waals surface area contributed by atoms with Crippen molar-refractivity contribution in [1.82, 2.24) is 4.98 Å². The highest BCUT2D eigenvalue weighted by Crippen LogP contribution is 2.16. The van der Waals surface area contributed by atoms with Gasteiger partial charge in [0, 0.05) is 7.62 Å². The van der Waals surface area contributed by atoms with E-state index in [1.807, 2.05) is 19.9 Å². The Bertz CT molecular complexity index is 206. The zero-order valence-electron chi connectivity index (χ0n) is 7.09. The highest BCUT2D eigenvalue weighted by molar-refractivity contribution is 5.61. The van der Waals surface area contributed by atoms with E-state index in [4.69, 9.17) is 0 Å². The number of hydrogen-bond acceptors (Lipinski definition) is 1. The van der Waals surface area contributed by atoms with Crippen LogP contribution in [-0.2, 0) is 0 Å². The lowest BCUT2D eigenvalue weighted by Crippen LogP contribution is -1.65. The van der Waals surface area contributed by atoms with Crippen molar-refractivity contribution in [2.24, 2.45) is 4.99 Å². The van der Waals surface area contributed by atoms with Gasteiger partial charge in [-0.05, 0) is 18.9 Å². The molecule has 0 bridgehead atoms. The van der Waals surface area contributed by atoms with E-state index in [0.29, 0.717) is 0 Å². The Morgan fingerprint density at radius 3 is 2.64 bits per heavy atom. The lowest BCUT2D eigenvalue weighted by Gasteiger charge is -1.85. The fraction of sp³-hybridized carbons (Fsp3) is 0.222. The van der Waals surface area contributed by atoms with Crippen molar-refractivity contribution in [3.05, 3.63) is 24.5 Å². The smallest absolute Gasteiger partial charge is 0.0871 e. The van der Waals surface area contributed by atoms with Crippen molar-refractivity contribution < 1.29 is 1.43 Å². The van der Waals surface area contributed by atoms with Crippen LogP contribution in [0, 0.1) is 0 Å². The third-order valence-electron chi connectivity index (χ3n) is 1.13. The molecule has 0 spiro atoms. The van der Waals surface area contributed by atoms with Gasteiger partial charge in [-0.1, -0.05) is 20.4 Å². The summed E-state index contributed by atoms with van der Waals surface area (Å²) in [6, 6.07) is 1.85. The van der Waals surface area contributed by atoms with Crippen LogP contribution in [0.5, 0.6) is 0 Å². The third-order valence-corrected chi connectivity index (χ3v) is 1.13. The number of hydrogen-bond donors (Lipinski definition) is 1. The number of nitrogens with zero attached hydrogens (tertiary/aromatic N) is 1. The molecule has 62 valence electrons. The molecule has 1 heterocycles. The first-order valence-corrected chi connectivity index (χ1v) is 3.65. The summed E-state index contributed by atoms with van der Waals surface area (Å²) in [5.74, 6) is 0. The first kappa shape index (κ1) is 9.69. The minimum Gasteiger partial charge on any atom is -0.360 e. The standard InChI is InChI=1S/C7H8N2.C2H6.H2/c1-3-6-7(8-2)4-5-9-6;1-2;/h3-5,9H,1-2H2;1-2H3;1H. The van der Waals surface area contributed by atoms with Crippen LogP contribution in [0.4, 0.5) is 5.69 Å². The Labute approximate surface area is 69.2 Å². The molecule has 2 nitrogen and oxygen atoms in total. The minimum absolute atomic E-state index is 0. The molecular weight excluding hydrogens is 136 g/mol. The van der Waals surface area contributed by atoms with Gasteiger partial charge >= 0.3 is 0 Å². The van der Waals surface area contributed by atoms with Crippen LogP contribution in [0.1, 0.15) is 21.0 Å². The Kier molecular flexibility index (Phi) is 4.82. The molecule has 0 aliphatic heterocycles. The van der Waals surface area contributed by atoms with Crippen LogP contribution in [0.25, 0.3) is 6.08 Å². The number of H-pyrrole nitrogens is 1. The van der Waals surface area contributed by atoms with Crippen molar-refractivity contribution >= 4 is 18.5 Å². The fourth-order valence-corrected chi connectivity index (χ4v) is 0.675. The van der Waals surface area contributed by atoms with E-state index in [9.17, 15) is 0 Å². The molecule has 1 aromatic rings. The summed E-state index contributed by atoms with van der Waals surface area (Å²) in [7, 11) is 0. The second-order valence-electron chi connectivity index (χ2n) is 1.64. The van der Waals surface area contributed by atoms with Crippen LogP contribution < -0.4 is 0 Å². The first-order valence-electron chi connectivity index (χ1n) is 3.65. The average molecular weight is 152 g/mol. The summed E-state index contributed by atoms with van der Waals surface area (Å²) in [5, 5.41) is 0. The van der Waals surface area contributed by atoms with Gasteiger partial charge in [0.05, 0.1) is 11.4 Å². The maximum atomic E-state index is 3.75. The van der Waals surface area contributed by atoms with E-state index in [1.54, 1.807) is 12.3 Å². The predicted molar refractivity (Wildman–Crippen MR) is 53.6 cm³/mol. The highest BCUT2D eigenvalue weighted by Gasteiger charge is 1.92. The quantitative estimate of drug-likeness (QED) is 0.630. The molecule has 0 aromatic carbocycles. The van der Waals surface area contributed by atoms with Gasteiger partial charge < -0.3 is 4.98 Å². The van der Waals surface area contributed by atoms with E-state index in [2.05, 4.69) is 23.3 Å². The van der Waals surface area contributed by atoms with Crippen molar-refractivity contribution in [1.29, 1.82) is 0 Å². The summed E-state index contributed by atoms with van der Waals surface area (Å²) < 4.78 is 0. The monoisotopic (exact) mass is 152 g/mol. The van der Waals surface area contributed by atoms with Gasteiger partial charge in [-0.2, -0.15) is 0 Å². The van der Waals surface area contributed by atoms with Gasteiger partial charge in [-0.3, -0.25) is 4.99 Å². The largest absolute Gasteiger partial charge is 0.360 e. The summed E-state index contributed by atoms with van der Waals surface area (Å²) in [5.41, 5.74) is 1.77. The van der Waals surface area contributed by atoms with Gasteiger partial charge in [0.1, 0.15) is 0 Å². The lowest BCUT2D eigenvalue weighted by atomic mass is 10.4. The van der Waals surface area contributed by atoms with Gasteiger partial charge in [0.25, 0.3) is 0 Å². The molecule has 0 amide bonds. The molecule has 0 saturated carbocycles. The Morgan fingerprint density at radius 2 is 2.27 bits per heavy atom. The molecule has 11 heavy (non-hydrogen) atoms. The number of aromatic amines is 1. The van der Waals surface area contributed by atoms with Gasteiger partial charge in [-0.25, -0.2) is 0 Å². The van der Waals surface area contributed by atoms with Crippen molar-refractivity contribution in [3.8, 4) is 0 Å². The number of rotatable bonds is 2. The summed E-state index contributed by atoms with van der Waals surface area (Å²) in [6.45, 7) is 11.0.